The lowest BCUT2D eigenvalue weighted by atomic mass is 9.68. The summed E-state index contributed by atoms with van der Waals surface area (Å²) in [5, 5.41) is 1.63. The van der Waals surface area contributed by atoms with E-state index in [9.17, 15) is 4.79 Å². The molecule has 0 spiro atoms. The molecule has 2 bridgehead atoms. The van der Waals surface area contributed by atoms with Gasteiger partial charge in [0, 0.05) is 35.1 Å². The fourth-order valence-corrected chi connectivity index (χ4v) is 6.82. The monoisotopic (exact) mass is 409 g/mol. The highest BCUT2D eigenvalue weighted by atomic mass is 35.5. The van der Waals surface area contributed by atoms with E-state index in [2.05, 4.69) is 20.9 Å². The molecule has 3 aliphatic heterocycles. The van der Waals surface area contributed by atoms with E-state index < -0.39 is 0 Å². The Hall–Kier alpha value is -1.78. The Morgan fingerprint density at radius 2 is 2.10 bits per heavy atom. The van der Waals surface area contributed by atoms with Crippen molar-refractivity contribution in [2.24, 2.45) is 11.8 Å². The van der Waals surface area contributed by atoms with Crippen molar-refractivity contribution in [3.63, 3.8) is 0 Å². The van der Waals surface area contributed by atoms with Gasteiger partial charge in [0.2, 0.25) is 0 Å². The molecule has 0 radical (unpaired) electrons. The first-order valence-corrected chi connectivity index (χ1v) is 11.6. The summed E-state index contributed by atoms with van der Waals surface area (Å²) < 4.78 is 0. The van der Waals surface area contributed by atoms with E-state index in [4.69, 9.17) is 11.6 Å². The van der Waals surface area contributed by atoms with E-state index in [1.807, 2.05) is 24.3 Å². The first-order valence-electron chi connectivity index (χ1n) is 11.2. The second-order valence-electron chi connectivity index (χ2n) is 9.39. The van der Waals surface area contributed by atoms with Gasteiger partial charge in [0.1, 0.15) is 5.69 Å². The maximum atomic E-state index is 13.6. The zero-order valence-electron chi connectivity index (χ0n) is 16.7. The van der Waals surface area contributed by atoms with Crippen LogP contribution in [0.1, 0.15) is 49.0 Å². The van der Waals surface area contributed by atoms with Gasteiger partial charge in [0.15, 0.2) is 0 Å². The number of carbonyl (C=O) groups is 1. The molecular weight excluding hydrogens is 382 g/mol. The number of aromatic amines is 1. The highest BCUT2D eigenvalue weighted by Crippen LogP contribution is 2.45. The van der Waals surface area contributed by atoms with E-state index in [0.717, 1.165) is 42.9 Å². The van der Waals surface area contributed by atoms with Crippen LogP contribution in [-0.2, 0) is 0 Å². The van der Waals surface area contributed by atoms with Crippen molar-refractivity contribution < 1.29 is 4.79 Å². The van der Waals surface area contributed by atoms with Crippen LogP contribution >= 0.6 is 11.6 Å². The summed E-state index contributed by atoms with van der Waals surface area (Å²) in [5.74, 6) is 1.40. The lowest BCUT2D eigenvalue weighted by Crippen LogP contribution is -2.60. The normalized spacial score (nSPS) is 31.9. The molecule has 5 heteroatoms. The number of aromatic nitrogens is 1. The molecule has 2 aromatic rings. The van der Waals surface area contributed by atoms with Crippen molar-refractivity contribution >= 4 is 28.4 Å². The lowest BCUT2D eigenvalue weighted by molar-refractivity contribution is 0.00134. The van der Waals surface area contributed by atoms with Crippen LogP contribution in [0.15, 0.2) is 35.9 Å². The van der Waals surface area contributed by atoms with Crippen LogP contribution in [-0.4, -0.2) is 52.4 Å². The number of fused-ring (bicyclic) bond motifs is 7. The average Bonchev–Trinajstić information content (AvgIpc) is 3.19. The van der Waals surface area contributed by atoms with Gasteiger partial charge < -0.3 is 9.88 Å². The van der Waals surface area contributed by atoms with Gasteiger partial charge in [0.25, 0.3) is 5.91 Å². The standard InChI is InChI=1S/C24H28ClN3O/c25-19-6-3-7-20-18(19)13-21(26-20)24(29)28-10-4-5-15-11-16-12-17(23(15)28)14-27-9-2-1-8-22(16)27/h3,6-7,11,13,16-17,22-23,26H,1-2,4-5,8-10,12,14H2/t16-,17?,22?,23?/m0/s1. The molecule has 152 valence electrons. The minimum absolute atomic E-state index is 0.132. The summed E-state index contributed by atoms with van der Waals surface area (Å²) in [5.41, 5.74) is 3.14. The van der Waals surface area contributed by atoms with E-state index >= 15 is 0 Å². The van der Waals surface area contributed by atoms with Gasteiger partial charge in [-0.25, -0.2) is 0 Å². The highest BCUT2D eigenvalue weighted by molar-refractivity contribution is 6.35. The third kappa shape index (κ3) is 2.87. The van der Waals surface area contributed by atoms with Crippen molar-refractivity contribution in [2.75, 3.05) is 19.6 Å². The van der Waals surface area contributed by atoms with E-state index in [-0.39, 0.29) is 11.9 Å². The number of amides is 1. The smallest absolute Gasteiger partial charge is 0.270 e. The maximum Gasteiger partial charge on any atom is 0.270 e. The van der Waals surface area contributed by atoms with Gasteiger partial charge in [-0.2, -0.15) is 0 Å². The molecule has 1 N–H and O–H groups in total. The molecule has 4 nitrogen and oxygen atoms in total. The highest BCUT2D eigenvalue weighted by Gasteiger charge is 2.47. The molecule has 1 aliphatic carbocycles. The van der Waals surface area contributed by atoms with Gasteiger partial charge in [-0.15, -0.1) is 0 Å². The number of likely N-dealkylation sites (tertiary alicyclic amines) is 1. The van der Waals surface area contributed by atoms with Crippen LogP contribution in [0.4, 0.5) is 0 Å². The largest absolute Gasteiger partial charge is 0.350 e. The first-order chi connectivity index (χ1) is 14.2. The third-order valence-corrected chi connectivity index (χ3v) is 8.09. The second-order valence-corrected chi connectivity index (χ2v) is 9.80. The number of nitrogens with one attached hydrogen (secondary N) is 1. The number of nitrogens with zero attached hydrogens (tertiary/aromatic N) is 2. The molecule has 4 atom stereocenters. The van der Waals surface area contributed by atoms with E-state index in [0.29, 0.717) is 22.6 Å². The topological polar surface area (TPSA) is 39.3 Å². The minimum atomic E-state index is 0.132. The number of H-pyrrole nitrogens is 1. The van der Waals surface area contributed by atoms with Crippen molar-refractivity contribution in [2.45, 2.75) is 50.6 Å². The third-order valence-electron chi connectivity index (χ3n) is 7.76. The molecule has 4 aliphatic rings. The summed E-state index contributed by atoms with van der Waals surface area (Å²) >= 11 is 6.35. The number of carbonyl (C=O) groups excluding carboxylic acids is 1. The zero-order valence-corrected chi connectivity index (χ0v) is 17.5. The van der Waals surface area contributed by atoms with Crippen molar-refractivity contribution in [3.8, 4) is 0 Å². The first kappa shape index (κ1) is 18.0. The SMILES string of the molecule is O=C(c1cc2c(Cl)cccc2[nH]1)N1CCCC2=C[C@H]3CC(CN4CCCCC34)C21. The molecule has 3 unspecified atom stereocenters. The number of hydrogen-bond acceptors (Lipinski definition) is 2. The van der Waals surface area contributed by atoms with Crippen LogP contribution in [0.5, 0.6) is 0 Å². The molecule has 1 aromatic carbocycles. The van der Waals surface area contributed by atoms with Gasteiger partial charge in [-0.05, 0) is 68.7 Å². The molecule has 6 rings (SSSR count). The number of benzene rings is 1. The molecule has 3 saturated heterocycles. The van der Waals surface area contributed by atoms with Gasteiger partial charge in [-0.1, -0.05) is 35.7 Å². The van der Waals surface area contributed by atoms with Crippen molar-refractivity contribution in [3.05, 3.63) is 46.6 Å². The summed E-state index contributed by atoms with van der Waals surface area (Å²) in [6, 6.07) is 8.75. The molecule has 29 heavy (non-hydrogen) atoms. The van der Waals surface area contributed by atoms with Crippen LogP contribution < -0.4 is 0 Å². The molecule has 4 heterocycles. The fraction of sp³-hybridized carbons (Fsp3) is 0.542. The number of halogens is 1. The van der Waals surface area contributed by atoms with Crippen LogP contribution in [0.2, 0.25) is 5.02 Å². The van der Waals surface area contributed by atoms with Crippen LogP contribution in [0, 0.1) is 11.8 Å². The number of hydrogen-bond donors (Lipinski definition) is 1. The van der Waals surface area contributed by atoms with Crippen molar-refractivity contribution in [1.29, 1.82) is 0 Å². The predicted molar refractivity (Wildman–Crippen MR) is 116 cm³/mol. The summed E-state index contributed by atoms with van der Waals surface area (Å²) in [4.78, 5) is 21.8. The Morgan fingerprint density at radius 1 is 1.17 bits per heavy atom. The Morgan fingerprint density at radius 3 is 3.00 bits per heavy atom. The van der Waals surface area contributed by atoms with E-state index in [1.54, 1.807) is 0 Å². The van der Waals surface area contributed by atoms with Crippen molar-refractivity contribution in [1.82, 2.24) is 14.8 Å². The number of piperidine rings is 3. The summed E-state index contributed by atoms with van der Waals surface area (Å²) in [6.45, 7) is 3.25. The second kappa shape index (κ2) is 6.88. The molecule has 0 saturated carbocycles. The number of rotatable bonds is 1. The average molecular weight is 410 g/mol. The van der Waals surface area contributed by atoms with Gasteiger partial charge in [-0.3, -0.25) is 9.69 Å². The minimum Gasteiger partial charge on any atom is -0.350 e. The summed E-state index contributed by atoms with van der Waals surface area (Å²) in [6.07, 6.45) is 10.1. The van der Waals surface area contributed by atoms with Crippen LogP contribution in [0.25, 0.3) is 10.9 Å². The zero-order chi connectivity index (χ0) is 19.5. The van der Waals surface area contributed by atoms with Gasteiger partial charge in [0.05, 0.1) is 6.04 Å². The molecule has 1 amide bonds. The lowest BCUT2D eigenvalue weighted by Gasteiger charge is -2.54. The Labute approximate surface area is 176 Å². The summed E-state index contributed by atoms with van der Waals surface area (Å²) in [7, 11) is 0. The van der Waals surface area contributed by atoms with Gasteiger partial charge >= 0.3 is 0 Å². The Bertz CT molecular complexity index is 995. The predicted octanol–water partition coefficient (Wildman–Crippen LogP) is 4.86. The molecule has 1 aromatic heterocycles. The van der Waals surface area contributed by atoms with E-state index in [1.165, 1.54) is 37.8 Å². The quantitative estimate of drug-likeness (QED) is 0.683. The molecular formula is C24H28ClN3O. The Balaban J connectivity index is 1.34. The molecule has 3 fully saturated rings. The van der Waals surface area contributed by atoms with Crippen LogP contribution in [0.3, 0.4) is 0 Å². The Kier molecular flexibility index (Phi) is 4.28. The maximum absolute atomic E-state index is 13.6. The fourth-order valence-electron chi connectivity index (χ4n) is 6.59.